The lowest BCUT2D eigenvalue weighted by Crippen LogP contribution is -2.26. The molecule has 6 heteroatoms. The Hall–Kier alpha value is -2.21. The minimum Gasteiger partial charge on any atom is -0.379 e. The lowest BCUT2D eigenvalue weighted by Gasteiger charge is -2.19. The number of nitro benzene ring substituents is 1. The molecule has 2 aromatic rings. The molecule has 3 rings (SSSR count). The average molecular weight is 287 g/mol. The molecule has 0 radical (unpaired) electrons. The van der Waals surface area contributed by atoms with Gasteiger partial charge in [0.05, 0.1) is 22.6 Å². The smallest absolute Gasteiger partial charge is 0.270 e. The van der Waals surface area contributed by atoms with Crippen LogP contribution in [0.15, 0.2) is 24.3 Å². The first-order valence-electron chi connectivity index (χ1n) is 6.98. The Morgan fingerprint density at radius 2 is 2.24 bits per heavy atom. The van der Waals surface area contributed by atoms with E-state index in [0.29, 0.717) is 0 Å². The Kier molecular flexibility index (Phi) is 3.47. The van der Waals surface area contributed by atoms with Crippen molar-refractivity contribution in [1.29, 1.82) is 0 Å². The summed E-state index contributed by atoms with van der Waals surface area (Å²) in [7, 11) is 0. The monoisotopic (exact) mass is 287 g/mol. The molecule has 1 aliphatic heterocycles. The normalized spacial score (nSPS) is 21.6. The Morgan fingerprint density at radius 1 is 1.43 bits per heavy atom. The van der Waals surface area contributed by atoms with Gasteiger partial charge >= 0.3 is 0 Å². The van der Waals surface area contributed by atoms with Gasteiger partial charge in [-0.2, -0.15) is 0 Å². The zero-order valence-corrected chi connectivity index (χ0v) is 12.0. The van der Waals surface area contributed by atoms with Crippen molar-refractivity contribution in [2.75, 3.05) is 11.9 Å². The molecule has 2 unspecified atom stereocenters. The summed E-state index contributed by atoms with van der Waals surface area (Å²) in [6, 6.07) is 6.90. The van der Waals surface area contributed by atoms with Gasteiger partial charge in [0.15, 0.2) is 0 Å². The van der Waals surface area contributed by atoms with E-state index in [1.54, 1.807) is 12.1 Å². The number of nitrogens with zero attached hydrogens (tertiary/aromatic N) is 2. The molecule has 6 nitrogen and oxygen atoms in total. The molecule has 0 bridgehead atoms. The van der Waals surface area contributed by atoms with E-state index in [9.17, 15) is 10.1 Å². The van der Waals surface area contributed by atoms with Gasteiger partial charge < -0.3 is 10.1 Å². The van der Waals surface area contributed by atoms with E-state index in [4.69, 9.17) is 4.74 Å². The molecule has 2 heterocycles. The molecule has 0 saturated carbocycles. The lowest BCUT2D eigenvalue weighted by molar-refractivity contribution is -0.384. The molecule has 1 N–H and O–H groups in total. The highest BCUT2D eigenvalue weighted by Crippen LogP contribution is 2.29. The molecular formula is C15H17N3O3. The first-order valence-corrected chi connectivity index (χ1v) is 6.98. The van der Waals surface area contributed by atoms with Gasteiger partial charge in [-0.05, 0) is 32.4 Å². The van der Waals surface area contributed by atoms with Crippen LogP contribution in [0.1, 0.15) is 19.0 Å². The molecule has 2 atom stereocenters. The van der Waals surface area contributed by atoms with Gasteiger partial charge in [0.1, 0.15) is 0 Å². The molecule has 0 spiro atoms. The predicted molar refractivity (Wildman–Crippen MR) is 80.6 cm³/mol. The first-order chi connectivity index (χ1) is 10.0. The number of benzene rings is 1. The van der Waals surface area contributed by atoms with Crippen LogP contribution in [-0.4, -0.2) is 28.7 Å². The number of non-ortho nitro benzene ring substituents is 1. The predicted octanol–water partition coefficient (Wildman–Crippen LogP) is 3.04. The van der Waals surface area contributed by atoms with Crippen molar-refractivity contribution in [2.24, 2.45) is 0 Å². The van der Waals surface area contributed by atoms with Crippen LogP contribution in [0, 0.1) is 17.0 Å². The molecule has 110 valence electrons. The summed E-state index contributed by atoms with van der Waals surface area (Å²) in [5.74, 6) is 0. The molecular weight excluding hydrogens is 270 g/mol. The number of ether oxygens (including phenoxy) is 1. The average Bonchev–Trinajstić information content (AvgIpc) is 2.83. The summed E-state index contributed by atoms with van der Waals surface area (Å²) < 4.78 is 5.56. The van der Waals surface area contributed by atoms with Crippen LogP contribution < -0.4 is 5.32 Å². The maximum Gasteiger partial charge on any atom is 0.270 e. The van der Waals surface area contributed by atoms with Gasteiger partial charge in [-0.3, -0.25) is 15.1 Å². The van der Waals surface area contributed by atoms with Crippen molar-refractivity contribution < 1.29 is 9.66 Å². The van der Waals surface area contributed by atoms with Gasteiger partial charge in [-0.25, -0.2) is 0 Å². The second-order valence-corrected chi connectivity index (χ2v) is 5.39. The number of nitro groups is 1. The fraction of sp³-hybridized carbons (Fsp3) is 0.400. The summed E-state index contributed by atoms with van der Waals surface area (Å²) in [4.78, 5) is 15.0. The molecule has 0 aliphatic carbocycles. The maximum atomic E-state index is 11.0. The lowest BCUT2D eigenvalue weighted by atomic mass is 10.1. The minimum atomic E-state index is -0.385. The zero-order chi connectivity index (χ0) is 15.0. The Bertz CT molecular complexity index is 702. The van der Waals surface area contributed by atoms with Crippen molar-refractivity contribution in [1.82, 2.24) is 4.98 Å². The molecule has 1 fully saturated rings. The largest absolute Gasteiger partial charge is 0.379 e. The summed E-state index contributed by atoms with van der Waals surface area (Å²) >= 11 is 0. The van der Waals surface area contributed by atoms with Crippen LogP contribution >= 0.6 is 0 Å². The molecule has 0 amide bonds. The van der Waals surface area contributed by atoms with Gasteiger partial charge in [0.25, 0.3) is 5.69 Å². The third-order valence-electron chi connectivity index (χ3n) is 3.85. The number of rotatable bonds is 3. The van der Waals surface area contributed by atoms with Crippen molar-refractivity contribution in [2.45, 2.75) is 32.4 Å². The summed E-state index contributed by atoms with van der Waals surface area (Å²) in [6.45, 7) is 4.69. The fourth-order valence-electron chi connectivity index (χ4n) is 2.70. The zero-order valence-electron chi connectivity index (χ0n) is 12.0. The van der Waals surface area contributed by atoms with E-state index in [-0.39, 0.29) is 22.8 Å². The molecule has 1 aromatic carbocycles. The van der Waals surface area contributed by atoms with Crippen molar-refractivity contribution in [3.63, 3.8) is 0 Å². The van der Waals surface area contributed by atoms with Crippen molar-refractivity contribution in [3.8, 4) is 0 Å². The molecule has 1 saturated heterocycles. The Balaban J connectivity index is 2.06. The van der Waals surface area contributed by atoms with Crippen molar-refractivity contribution in [3.05, 3.63) is 40.1 Å². The van der Waals surface area contributed by atoms with Gasteiger partial charge in [-0.1, -0.05) is 0 Å². The Labute approximate surface area is 122 Å². The van der Waals surface area contributed by atoms with E-state index in [0.717, 1.165) is 35.3 Å². The Morgan fingerprint density at radius 3 is 2.90 bits per heavy atom. The highest BCUT2D eigenvalue weighted by atomic mass is 16.6. The van der Waals surface area contributed by atoms with E-state index < -0.39 is 0 Å². The highest BCUT2D eigenvalue weighted by Gasteiger charge is 2.24. The summed E-state index contributed by atoms with van der Waals surface area (Å²) in [5.41, 5.74) is 2.59. The number of fused-ring (bicyclic) bond motifs is 1. The van der Waals surface area contributed by atoms with Crippen LogP contribution in [0.4, 0.5) is 11.4 Å². The third kappa shape index (κ3) is 2.67. The SMILES string of the molecule is Cc1cc(NC2CCOC2C)c2cc([N+](=O)[O-])ccc2n1. The number of pyridine rings is 1. The molecule has 21 heavy (non-hydrogen) atoms. The fourth-order valence-corrected chi connectivity index (χ4v) is 2.70. The third-order valence-corrected chi connectivity index (χ3v) is 3.85. The van der Waals surface area contributed by atoms with Crippen LogP contribution in [0.5, 0.6) is 0 Å². The van der Waals surface area contributed by atoms with Gasteiger partial charge in [0.2, 0.25) is 0 Å². The van der Waals surface area contributed by atoms with Crippen LogP contribution in [0.3, 0.4) is 0 Å². The minimum absolute atomic E-state index is 0.0759. The van der Waals surface area contributed by atoms with Crippen LogP contribution in [0.25, 0.3) is 10.9 Å². The molecule has 1 aromatic heterocycles. The van der Waals surface area contributed by atoms with Gasteiger partial charge in [-0.15, -0.1) is 0 Å². The second kappa shape index (κ2) is 5.29. The van der Waals surface area contributed by atoms with E-state index in [1.165, 1.54) is 6.07 Å². The highest BCUT2D eigenvalue weighted by molar-refractivity contribution is 5.93. The summed E-state index contributed by atoms with van der Waals surface area (Å²) in [6.07, 6.45) is 1.06. The number of hydrogen-bond acceptors (Lipinski definition) is 5. The second-order valence-electron chi connectivity index (χ2n) is 5.39. The topological polar surface area (TPSA) is 77.3 Å². The molecule has 1 aliphatic rings. The number of anilines is 1. The number of aromatic nitrogens is 1. The van der Waals surface area contributed by atoms with E-state index in [1.807, 2.05) is 19.9 Å². The van der Waals surface area contributed by atoms with E-state index >= 15 is 0 Å². The maximum absolute atomic E-state index is 11.0. The van der Waals surface area contributed by atoms with Crippen LogP contribution in [-0.2, 0) is 4.74 Å². The van der Waals surface area contributed by atoms with Gasteiger partial charge in [0, 0.05) is 35.5 Å². The number of nitrogens with one attached hydrogen (secondary N) is 1. The number of aryl methyl sites for hydroxylation is 1. The van der Waals surface area contributed by atoms with Crippen molar-refractivity contribution >= 4 is 22.3 Å². The number of hydrogen-bond donors (Lipinski definition) is 1. The van der Waals surface area contributed by atoms with E-state index in [2.05, 4.69) is 10.3 Å². The quantitative estimate of drug-likeness (QED) is 0.693. The first kappa shape index (κ1) is 13.8. The van der Waals surface area contributed by atoms with Crippen LogP contribution in [0.2, 0.25) is 0 Å². The summed E-state index contributed by atoms with van der Waals surface area (Å²) in [5, 5.41) is 15.2. The standard InChI is InChI=1S/C15H17N3O3/c1-9-7-15(17-13-5-6-21-10(13)2)12-8-11(18(19)20)3-4-14(12)16-9/h3-4,7-8,10,13H,5-6H2,1-2H3,(H,16,17).